The first-order valence-electron chi connectivity index (χ1n) is 13.4. The molecule has 0 spiro atoms. The molecule has 1 N–H and O–H groups in total. The van der Waals surface area contributed by atoms with Gasteiger partial charge in [-0.15, -0.1) is 0 Å². The summed E-state index contributed by atoms with van der Waals surface area (Å²) in [6.45, 7) is 9.72. The number of halogens is 1. The normalized spacial score (nSPS) is 12.2. The van der Waals surface area contributed by atoms with Crippen molar-refractivity contribution in [2.75, 3.05) is 17.4 Å². The van der Waals surface area contributed by atoms with Gasteiger partial charge in [0, 0.05) is 18.1 Å². The van der Waals surface area contributed by atoms with Gasteiger partial charge < -0.3 is 10.2 Å². The fourth-order valence-electron chi connectivity index (χ4n) is 4.21. The van der Waals surface area contributed by atoms with Crippen LogP contribution in [0.4, 0.5) is 5.69 Å². The van der Waals surface area contributed by atoms with E-state index in [0.717, 1.165) is 21.0 Å². The molecule has 9 heteroatoms. The van der Waals surface area contributed by atoms with Crippen molar-refractivity contribution in [3.8, 4) is 0 Å². The second-order valence-electron chi connectivity index (χ2n) is 10.4. The van der Waals surface area contributed by atoms with E-state index in [1.54, 1.807) is 60.7 Å². The summed E-state index contributed by atoms with van der Waals surface area (Å²) in [6, 6.07) is 19.7. The van der Waals surface area contributed by atoms with E-state index in [-0.39, 0.29) is 23.3 Å². The average Bonchev–Trinajstić information content (AvgIpc) is 2.92. The molecule has 3 aromatic rings. The van der Waals surface area contributed by atoms with Gasteiger partial charge in [0.05, 0.1) is 10.6 Å². The highest BCUT2D eigenvalue weighted by molar-refractivity contribution is 7.92. The van der Waals surface area contributed by atoms with Gasteiger partial charge in [0.15, 0.2) is 0 Å². The molecule has 0 heterocycles. The number of anilines is 1. The first-order valence-corrected chi connectivity index (χ1v) is 15.2. The van der Waals surface area contributed by atoms with Crippen molar-refractivity contribution in [3.63, 3.8) is 0 Å². The number of benzene rings is 3. The summed E-state index contributed by atoms with van der Waals surface area (Å²) in [5.41, 5.74) is 3.02. The number of nitrogens with one attached hydrogen (secondary N) is 1. The Bertz CT molecular complexity index is 1390. The fourth-order valence-corrected chi connectivity index (χ4v) is 5.75. The van der Waals surface area contributed by atoms with E-state index in [0.29, 0.717) is 23.7 Å². The molecule has 214 valence electrons. The Morgan fingerprint density at radius 2 is 1.43 bits per heavy atom. The number of hydrogen-bond acceptors (Lipinski definition) is 4. The van der Waals surface area contributed by atoms with Gasteiger partial charge in [-0.3, -0.25) is 13.9 Å². The monoisotopic (exact) mass is 583 g/mol. The van der Waals surface area contributed by atoms with Crippen LogP contribution in [0.1, 0.15) is 43.9 Å². The molecular formula is C31H38ClN3O4S. The van der Waals surface area contributed by atoms with Crippen LogP contribution in [0.5, 0.6) is 0 Å². The third kappa shape index (κ3) is 8.08. The highest BCUT2D eigenvalue weighted by atomic mass is 35.5. The maximum atomic E-state index is 14.1. The average molecular weight is 584 g/mol. The van der Waals surface area contributed by atoms with Crippen LogP contribution >= 0.6 is 11.6 Å². The minimum absolute atomic E-state index is 0.0810. The summed E-state index contributed by atoms with van der Waals surface area (Å²) < 4.78 is 28.9. The first kappa shape index (κ1) is 31.2. The van der Waals surface area contributed by atoms with Gasteiger partial charge in [0.25, 0.3) is 10.0 Å². The van der Waals surface area contributed by atoms with E-state index in [2.05, 4.69) is 5.32 Å². The Morgan fingerprint density at radius 3 is 1.95 bits per heavy atom. The van der Waals surface area contributed by atoms with E-state index in [9.17, 15) is 18.0 Å². The Morgan fingerprint density at radius 1 is 0.875 bits per heavy atom. The molecule has 3 aromatic carbocycles. The van der Waals surface area contributed by atoms with Crippen molar-refractivity contribution < 1.29 is 18.0 Å². The Kier molecular flexibility index (Phi) is 10.8. The van der Waals surface area contributed by atoms with Crippen LogP contribution in [0.2, 0.25) is 5.02 Å². The van der Waals surface area contributed by atoms with Gasteiger partial charge in [0.2, 0.25) is 11.8 Å². The predicted molar refractivity (Wildman–Crippen MR) is 161 cm³/mol. The number of sulfonamides is 1. The van der Waals surface area contributed by atoms with Gasteiger partial charge in [0.1, 0.15) is 12.6 Å². The van der Waals surface area contributed by atoms with Crippen LogP contribution in [-0.4, -0.2) is 44.3 Å². The van der Waals surface area contributed by atoms with Crippen molar-refractivity contribution in [3.05, 3.63) is 94.5 Å². The van der Waals surface area contributed by atoms with Crippen LogP contribution in [-0.2, 0) is 26.2 Å². The third-order valence-corrected chi connectivity index (χ3v) is 8.59. The van der Waals surface area contributed by atoms with Crippen molar-refractivity contribution in [1.82, 2.24) is 10.2 Å². The lowest BCUT2D eigenvalue weighted by molar-refractivity contribution is -0.140. The Hall–Kier alpha value is -3.36. The molecule has 0 aliphatic rings. The molecule has 1 unspecified atom stereocenters. The molecule has 0 aliphatic heterocycles. The molecule has 0 saturated heterocycles. The maximum Gasteiger partial charge on any atom is 0.264 e. The highest BCUT2D eigenvalue weighted by Crippen LogP contribution is 2.26. The zero-order valence-electron chi connectivity index (χ0n) is 23.7. The molecule has 0 saturated carbocycles. The summed E-state index contributed by atoms with van der Waals surface area (Å²) in [6.07, 6.45) is 0.360. The van der Waals surface area contributed by atoms with Crippen LogP contribution in [0.15, 0.2) is 77.7 Å². The number of hydrogen-bond donors (Lipinski definition) is 1. The van der Waals surface area contributed by atoms with E-state index in [1.807, 2.05) is 34.6 Å². The molecule has 0 bridgehead atoms. The van der Waals surface area contributed by atoms with Gasteiger partial charge in [-0.1, -0.05) is 79.9 Å². The first-order chi connectivity index (χ1) is 18.9. The summed E-state index contributed by atoms with van der Waals surface area (Å²) >= 11 is 6.07. The van der Waals surface area contributed by atoms with Crippen LogP contribution < -0.4 is 9.62 Å². The number of amides is 2. The lowest BCUT2D eigenvalue weighted by Crippen LogP contribution is -2.52. The Labute approximate surface area is 243 Å². The molecule has 0 radical (unpaired) electrons. The number of rotatable bonds is 12. The van der Waals surface area contributed by atoms with E-state index in [4.69, 9.17) is 11.6 Å². The van der Waals surface area contributed by atoms with Crippen molar-refractivity contribution >= 4 is 39.1 Å². The third-order valence-electron chi connectivity index (χ3n) is 6.55. The smallest absolute Gasteiger partial charge is 0.264 e. The molecule has 0 aromatic heterocycles. The number of nitrogens with zero attached hydrogens (tertiary/aromatic N) is 2. The highest BCUT2D eigenvalue weighted by Gasteiger charge is 2.33. The fraction of sp³-hybridized carbons (Fsp3) is 0.355. The standard InChI is InChI=1S/C31H38ClN3O4S/c1-6-29(31(37)33-19-22(2)3)34(20-25-11-13-26(32)14-12-25)30(36)21-35(27-15-7-23(4)8-16-27)40(38,39)28-17-9-24(5)10-18-28/h7-18,22,29H,6,19-21H2,1-5H3,(H,33,37). The lowest BCUT2D eigenvalue weighted by Gasteiger charge is -2.33. The van der Waals surface area contributed by atoms with Crippen molar-refractivity contribution in [2.45, 2.75) is 58.5 Å². The van der Waals surface area contributed by atoms with E-state index in [1.165, 1.54) is 17.0 Å². The minimum Gasteiger partial charge on any atom is -0.354 e. The van der Waals surface area contributed by atoms with E-state index >= 15 is 0 Å². The molecule has 0 fully saturated rings. The topological polar surface area (TPSA) is 86.8 Å². The molecule has 3 rings (SSSR count). The molecular weight excluding hydrogens is 546 g/mol. The van der Waals surface area contributed by atoms with Crippen LogP contribution in [0, 0.1) is 19.8 Å². The summed E-state index contributed by atoms with van der Waals surface area (Å²) in [5, 5.41) is 3.48. The van der Waals surface area contributed by atoms with Gasteiger partial charge in [-0.25, -0.2) is 8.42 Å². The zero-order valence-corrected chi connectivity index (χ0v) is 25.3. The van der Waals surface area contributed by atoms with E-state index < -0.39 is 28.5 Å². The predicted octanol–water partition coefficient (Wildman–Crippen LogP) is 5.73. The number of carbonyl (C=O) groups is 2. The Balaban J connectivity index is 2.03. The van der Waals surface area contributed by atoms with Crippen molar-refractivity contribution in [1.29, 1.82) is 0 Å². The molecule has 0 aliphatic carbocycles. The van der Waals surface area contributed by atoms with Gasteiger partial charge in [-0.05, 0) is 68.1 Å². The second kappa shape index (κ2) is 13.8. The maximum absolute atomic E-state index is 14.1. The van der Waals surface area contributed by atoms with Gasteiger partial charge in [-0.2, -0.15) is 0 Å². The summed E-state index contributed by atoms with van der Waals surface area (Å²) in [7, 11) is -4.10. The quantitative estimate of drug-likeness (QED) is 0.295. The second-order valence-corrected chi connectivity index (χ2v) is 12.7. The zero-order chi connectivity index (χ0) is 29.4. The van der Waals surface area contributed by atoms with Crippen molar-refractivity contribution in [2.24, 2.45) is 5.92 Å². The minimum atomic E-state index is -4.10. The largest absolute Gasteiger partial charge is 0.354 e. The molecule has 1 atom stereocenters. The number of aryl methyl sites for hydroxylation is 2. The summed E-state index contributed by atoms with van der Waals surface area (Å²) in [5.74, 6) is -0.530. The lowest BCUT2D eigenvalue weighted by atomic mass is 10.1. The molecule has 7 nitrogen and oxygen atoms in total. The van der Waals surface area contributed by atoms with Crippen LogP contribution in [0.25, 0.3) is 0 Å². The summed E-state index contributed by atoms with van der Waals surface area (Å²) in [4.78, 5) is 28.9. The molecule has 2 amide bonds. The molecule has 40 heavy (non-hydrogen) atoms. The number of carbonyl (C=O) groups excluding carboxylic acids is 2. The van der Waals surface area contributed by atoms with Gasteiger partial charge >= 0.3 is 0 Å². The van der Waals surface area contributed by atoms with Crippen LogP contribution in [0.3, 0.4) is 0 Å². The SMILES string of the molecule is CCC(C(=O)NCC(C)C)N(Cc1ccc(Cl)cc1)C(=O)CN(c1ccc(C)cc1)S(=O)(=O)c1ccc(C)cc1.